The second-order valence-corrected chi connectivity index (χ2v) is 5.53. The molecule has 0 spiro atoms. The Bertz CT molecular complexity index is 536. The Labute approximate surface area is 111 Å². The van der Waals surface area contributed by atoms with Crippen LogP contribution in [0.4, 0.5) is 15.8 Å². The topological polar surface area (TPSA) is 63.4 Å². The fraction of sp³-hybridized carbons (Fsp3) is 0.429. The van der Waals surface area contributed by atoms with Gasteiger partial charge in [0.15, 0.2) is 0 Å². The van der Waals surface area contributed by atoms with Crippen LogP contribution in [0.25, 0.3) is 0 Å². The minimum atomic E-state index is -0.738. The van der Waals surface area contributed by atoms with Crippen molar-refractivity contribution in [1.82, 2.24) is 0 Å². The minimum Gasteiger partial charge on any atom is -0.399 e. The van der Waals surface area contributed by atoms with Gasteiger partial charge in [-0.05, 0) is 31.0 Å². The van der Waals surface area contributed by atoms with Crippen LogP contribution in [0, 0.1) is 17.2 Å². The summed E-state index contributed by atoms with van der Waals surface area (Å²) < 4.78 is 13.4. The lowest BCUT2D eigenvalue weighted by Crippen LogP contribution is -2.37. The molecule has 1 heterocycles. The minimum absolute atomic E-state index is 0.0276. The highest BCUT2D eigenvalue weighted by Crippen LogP contribution is 2.41. The maximum atomic E-state index is 13.4. The molecule has 1 saturated heterocycles. The summed E-state index contributed by atoms with van der Waals surface area (Å²) >= 11 is 0. The molecule has 1 aromatic rings. The lowest BCUT2D eigenvalue weighted by molar-refractivity contribution is -0.126. The number of carbonyl (C=O) groups excluding carboxylic acids is 2. The van der Waals surface area contributed by atoms with Gasteiger partial charge in [-0.2, -0.15) is 0 Å². The molecule has 0 aliphatic carbocycles. The van der Waals surface area contributed by atoms with Crippen molar-refractivity contribution >= 4 is 23.2 Å². The second kappa shape index (κ2) is 4.33. The molecule has 0 aromatic heterocycles. The van der Waals surface area contributed by atoms with Crippen molar-refractivity contribution in [3.63, 3.8) is 0 Å². The van der Waals surface area contributed by atoms with E-state index >= 15 is 0 Å². The SMILES string of the molecule is CC(C)C1(C)CC(=O)N(c2cc(N)cc(F)c2)C1=O. The Morgan fingerprint density at radius 3 is 2.42 bits per heavy atom. The van der Waals surface area contributed by atoms with Crippen LogP contribution in [0.3, 0.4) is 0 Å². The zero-order valence-electron chi connectivity index (χ0n) is 11.2. The Balaban J connectivity index is 2.46. The largest absolute Gasteiger partial charge is 0.399 e. The average molecular weight is 264 g/mol. The zero-order chi connectivity index (χ0) is 14.4. The van der Waals surface area contributed by atoms with Crippen molar-refractivity contribution < 1.29 is 14.0 Å². The van der Waals surface area contributed by atoms with E-state index in [4.69, 9.17) is 5.73 Å². The molecule has 102 valence electrons. The molecule has 1 fully saturated rings. The van der Waals surface area contributed by atoms with Crippen molar-refractivity contribution in [1.29, 1.82) is 0 Å². The summed E-state index contributed by atoms with van der Waals surface area (Å²) in [6.07, 6.45) is 0.139. The quantitative estimate of drug-likeness (QED) is 0.658. The van der Waals surface area contributed by atoms with Gasteiger partial charge in [-0.3, -0.25) is 9.59 Å². The first kappa shape index (κ1) is 13.5. The van der Waals surface area contributed by atoms with Gasteiger partial charge in [-0.25, -0.2) is 9.29 Å². The van der Waals surface area contributed by atoms with E-state index in [0.29, 0.717) is 0 Å². The molecule has 1 aliphatic heterocycles. The number of nitrogens with two attached hydrogens (primary N) is 1. The van der Waals surface area contributed by atoms with Crippen LogP contribution in [0.15, 0.2) is 18.2 Å². The summed E-state index contributed by atoms with van der Waals surface area (Å²) in [4.78, 5) is 25.6. The van der Waals surface area contributed by atoms with E-state index in [9.17, 15) is 14.0 Å². The Morgan fingerprint density at radius 1 is 1.32 bits per heavy atom. The van der Waals surface area contributed by atoms with Crippen molar-refractivity contribution in [3.05, 3.63) is 24.0 Å². The smallest absolute Gasteiger partial charge is 0.240 e. The van der Waals surface area contributed by atoms with Crippen molar-refractivity contribution in [2.45, 2.75) is 27.2 Å². The summed E-state index contributed by atoms with van der Waals surface area (Å²) in [5, 5.41) is 0. The molecule has 2 amide bonds. The molecule has 4 nitrogen and oxygen atoms in total. The molecule has 0 bridgehead atoms. The maximum Gasteiger partial charge on any atom is 0.240 e. The Hall–Kier alpha value is -1.91. The van der Waals surface area contributed by atoms with E-state index in [1.807, 2.05) is 13.8 Å². The fourth-order valence-corrected chi connectivity index (χ4v) is 2.28. The van der Waals surface area contributed by atoms with Gasteiger partial charge in [0.25, 0.3) is 0 Å². The Kier molecular flexibility index (Phi) is 3.08. The standard InChI is InChI=1S/C14H17FN2O2/c1-8(2)14(3)7-12(18)17(13(14)19)11-5-9(15)4-10(16)6-11/h4-6,8H,7,16H2,1-3H3. The van der Waals surface area contributed by atoms with E-state index in [0.717, 1.165) is 17.0 Å². The van der Waals surface area contributed by atoms with Gasteiger partial charge < -0.3 is 5.73 Å². The lowest BCUT2D eigenvalue weighted by atomic mass is 9.78. The van der Waals surface area contributed by atoms with Crippen molar-refractivity contribution in [2.24, 2.45) is 11.3 Å². The lowest BCUT2D eigenvalue weighted by Gasteiger charge is -2.26. The van der Waals surface area contributed by atoms with E-state index in [2.05, 4.69) is 0 Å². The first-order valence-electron chi connectivity index (χ1n) is 6.19. The highest BCUT2D eigenvalue weighted by atomic mass is 19.1. The third kappa shape index (κ3) is 2.09. The number of halogens is 1. The monoisotopic (exact) mass is 264 g/mol. The van der Waals surface area contributed by atoms with Crippen LogP contribution in [0.5, 0.6) is 0 Å². The van der Waals surface area contributed by atoms with Crippen LogP contribution < -0.4 is 10.6 Å². The molecule has 0 saturated carbocycles. The van der Waals surface area contributed by atoms with E-state index < -0.39 is 11.2 Å². The number of imide groups is 1. The molecule has 0 radical (unpaired) electrons. The highest BCUT2D eigenvalue weighted by Gasteiger charge is 2.50. The van der Waals surface area contributed by atoms with Crippen LogP contribution in [0.1, 0.15) is 27.2 Å². The molecule has 1 aromatic carbocycles. The number of nitrogens with zero attached hydrogens (tertiary/aromatic N) is 1. The third-order valence-electron chi connectivity index (χ3n) is 3.90. The Morgan fingerprint density at radius 2 is 1.95 bits per heavy atom. The van der Waals surface area contributed by atoms with Crippen molar-refractivity contribution in [2.75, 3.05) is 10.6 Å². The molecule has 1 unspecified atom stereocenters. The molecular formula is C14H17FN2O2. The summed E-state index contributed by atoms with van der Waals surface area (Å²) in [7, 11) is 0. The number of hydrogen-bond acceptors (Lipinski definition) is 3. The maximum absolute atomic E-state index is 13.4. The van der Waals surface area contributed by atoms with Gasteiger partial charge in [0.1, 0.15) is 5.82 Å². The number of benzene rings is 1. The zero-order valence-corrected chi connectivity index (χ0v) is 11.2. The molecule has 2 rings (SSSR count). The number of rotatable bonds is 2. The molecule has 1 atom stereocenters. The first-order valence-corrected chi connectivity index (χ1v) is 6.19. The van der Waals surface area contributed by atoms with Gasteiger partial charge in [-0.15, -0.1) is 0 Å². The predicted octanol–water partition coefficient (Wildman–Crippen LogP) is 2.33. The fourth-order valence-electron chi connectivity index (χ4n) is 2.28. The molecule has 2 N–H and O–H groups in total. The molecule has 5 heteroatoms. The second-order valence-electron chi connectivity index (χ2n) is 5.53. The van der Waals surface area contributed by atoms with Gasteiger partial charge in [0.05, 0.1) is 11.1 Å². The third-order valence-corrected chi connectivity index (χ3v) is 3.90. The van der Waals surface area contributed by atoms with E-state index in [-0.39, 0.29) is 35.5 Å². The highest BCUT2D eigenvalue weighted by molar-refractivity contribution is 6.22. The predicted molar refractivity (Wildman–Crippen MR) is 70.9 cm³/mol. The number of anilines is 2. The van der Waals surface area contributed by atoms with Crippen LogP contribution in [0.2, 0.25) is 0 Å². The summed E-state index contributed by atoms with van der Waals surface area (Å²) in [6.45, 7) is 5.56. The van der Waals surface area contributed by atoms with Gasteiger partial charge in [0.2, 0.25) is 11.8 Å². The van der Waals surface area contributed by atoms with Crippen molar-refractivity contribution in [3.8, 4) is 0 Å². The summed E-state index contributed by atoms with van der Waals surface area (Å²) in [6, 6.07) is 3.74. The van der Waals surface area contributed by atoms with Crippen LogP contribution >= 0.6 is 0 Å². The number of nitrogen functional groups attached to an aromatic ring is 1. The summed E-state index contributed by atoms with van der Waals surface area (Å²) in [5.41, 5.74) is 5.21. The average Bonchev–Trinajstić information content (AvgIpc) is 2.49. The molecule has 19 heavy (non-hydrogen) atoms. The normalized spacial score (nSPS) is 23.5. The van der Waals surface area contributed by atoms with E-state index in [1.54, 1.807) is 6.92 Å². The first-order chi connectivity index (χ1) is 8.75. The summed E-state index contributed by atoms with van der Waals surface area (Å²) in [5.74, 6) is -1.14. The number of hydrogen-bond donors (Lipinski definition) is 1. The van der Waals surface area contributed by atoms with Crippen LogP contribution in [-0.4, -0.2) is 11.8 Å². The van der Waals surface area contributed by atoms with Gasteiger partial charge in [-0.1, -0.05) is 13.8 Å². The van der Waals surface area contributed by atoms with Gasteiger partial charge >= 0.3 is 0 Å². The van der Waals surface area contributed by atoms with Crippen LogP contribution in [-0.2, 0) is 9.59 Å². The number of carbonyl (C=O) groups is 2. The number of amides is 2. The molecule has 1 aliphatic rings. The van der Waals surface area contributed by atoms with E-state index in [1.165, 1.54) is 6.07 Å². The van der Waals surface area contributed by atoms with Gasteiger partial charge in [0, 0.05) is 12.1 Å². The molecular weight excluding hydrogens is 247 g/mol.